The molecule has 144 valence electrons. The lowest BCUT2D eigenvalue weighted by molar-refractivity contribution is 0.102. The molecular weight excluding hydrogens is 366 g/mol. The first-order valence-corrected chi connectivity index (χ1v) is 9.29. The van der Waals surface area contributed by atoms with Crippen LogP contribution in [-0.2, 0) is 0 Å². The van der Waals surface area contributed by atoms with E-state index in [0.29, 0.717) is 17.2 Å². The Morgan fingerprint density at radius 2 is 1.69 bits per heavy atom. The van der Waals surface area contributed by atoms with E-state index in [1.54, 1.807) is 42.7 Å². The van der Waals surface area contributed by atoms with E-state index in [-0.39, 0.29) is 11.6 Å². The number of amides is 1. The van der Waals surface area contributed by atoms with Crippen molar-refractivity contribution in [3.05, 3.63) is 72.2 Å². The summed E-state index contributed by atoms with van der Waals surface area (Å²) in [6.07, 6.45) is 3.37. The molecule has 3 heterocycles. The number of pyridine rings is 1. The summed E-state index contributed by atoms with van der Waals surface area (Å²) in [4.78, 5) is 30.0. The molecule has 0 aliphatic carbocycles. The fourth-order valence-electron chi connectivity index (χ4n) is 3.18. The Hall–Kier alpha value is -3.99. The molecule has 1 N–H and O–H groups in total. The summed E-state index contributed by atoms with van der Waals surface area (Å²) < 4.78 is 0. The van der Waals surface area contributed by atoms with Gasteiger partial charge in [-0.1, -0.05) is 18.2 Å². The third-order valence-electron chi connectivity index (χ3n) is 4.71. The number of nitriles is 1. The zero-order valence-corrected chi connectivity index (χ0v) is 15.7. The number of anilines is 3. The molecule has 0 spiro atoms. The maximum Gasteiger partial charge on any atom is 0.274 e. The van der Waals surface area contributed by atoms with Crippen molar-refractivity contribution in [1.82, 2.24) is 15.0 Å². The third-order valence-corrected chi connectivity index (χ3v) is 4.71. The van der Waals surface area contributed by atoms with E-state index in [9.17, 15) is 10.1 Å². The van der Waals surface area contributed by atoms with Gasteiger partial charge in [-0.25, -0.2) is 15.0 Å². The maximum atomic E-state index is 12.6. The monoisotopic (exact) mass is 385 g/mol. The first-order valence-electron chi connectivity index (χ1n) is 9.29. The number of carbonyl (C=O) groups is 1. The molecule has 0 bridgehead atoms. The Kier molecular flexibility index (Phi) is 5.29. The predicted molar refractivity (Wildman–Crippen MR) is 110 cm³/mol. The summed E-state index contributed by atoms with van der Waals surface area (Å²) in [5.74, 6) is 1.10. The van der Waals surface area contributed by atoms with Crippen molar-refractivity contribution in [2.75, 3.05) is 41.3 Å². The van der Waals surface area contributed by atoms with Gasteiger partial charge in [0.25, 0.3) is 5.91 Å². The van der Waals surface area contributed by atoms with Gasteiger partial charge in [-0.15, -0.1) is 0 Å². The molecule has 0 unspecified atom stereocenters. The van der Waals surface area contributed by atoms with Crippen LogP contribution in [0.4, 0.5) is 17.5 Å². The Morgan fingerprint density at radius 1 is 0.931 bits per heavy atom. The van der Waals surface area contributed by atoms with Crippen LogP contribution in [0.2, 0.25) is 0 Å². The van der Waals surface area contributed by atoms with Crippen molar-refractivity contribution in [2.24, 2.45) is 0 Å². The van der Waals surface area contributed by atoms with Crippen LogP contribution in [0.25, 0.3) is 0 Å². The Morgan fingerprint density at radius 3 is 2.45 bits per heavy atom. The number of hydrogen-bond acceptors (Lipinski definition) is 7. The Bertz CT molecular complexity index is 1040. The van der Waals surface area contributed by atoms with Crippen molar-refractivity contribution in [3.8, 4) is 6.07 Å². The van der Waals surface area contributed by atoms with Crippen molar-refractivity contribution in [1.29, 1.82) is 5.26 Å². The minimum absolute atomic E-state index is 0.259. The van der Waals surface area contributed by atoms with Crippen LogP contribution in [0.5, 0.6) is 0 Å². The second-order valence-electron chi connectivity index (χ2n) is 6.52. The average molecular weight is 385 g/mol. The van der Waals surface area contributed by atoms with Crippen LogP contribution in [0.15, 0.2) is 60.9 Å². The number of nitrogens with zero attached hydrogens (tertiary/aromatic N) is 6. The van der Waals surface area contributed by atoms with E-state index in [1.165, 1.54) is 0 Å². The van der Waals surface area contributed by atoms with E-state index in [2.05, 4.69) is 36.1 Å². The van der Waals surface area contributed by atoms with Crippen LogP contribution < -0.4 is 15.1 Å². The highest BCUT2D eigenvalue weighted by molar-refractivity contribution is 6.03. The molecule has 3 aromatic rings. The van der Waals surface area contributed by atoms with Gasteiger partial charge in [0.2, 0.25) is 5.95 Å². The number of benzene rings is 1. The molecule has 1 aliphatic rings. The van der Waals surface area contributed by atoms with Crippen LogP contribution in [-0.4, -0.2) is 47.0 Å². The zero-order chi connectivity index (χ0) is 20.1. The van der Waals surface area contributed by atoms with Gasteiger partial charge in [-0.3, -0.25) is 4.79 Å². The lowest BCUT2D eigenvalue weighted by Crippen LogP contribution is -2.47. The molecule has 0 radical (unpaired) electrons. The third kappa shape index (κ3) is 4.14. The molecule has 2 aromatic heterocycles. The van der Waals surface area contributed by atoms with E-state index in [1.807, 2.05) is 18.2 Å². The molecule has 1 aliphatic heterocycles. The Labute approximate surface area is 168 Å². The molecule has 8 nitrogen and oxygen atoms in total. The van der Waals surface area contributed by atoms with E-state index in [0.717, 1.165) is 32.0 Å². The summed E-state index contributed by atoms with van der Waals surface area (Å²) in [6.45, 7) is 3.07. The number of aromatic nitrogens is 3. The van der Waals surface area contributed by atoms with Crippen LogP contribution in [0.1, 0.15) is 16.1 Å². The van der Waals surface area contributed by atoms with Crippen LogP contribution in [0, 0.1) is 11.3 Å². The first-order chi connectivity index (χ1) is 14.2. The highest BCUT2D eigenvalue weighted by Gasteiger charge is 2.21. The number of para-hydroxylation sites is 1. The van der Waals surface area contributed by atoms with Gasteiger partial charge >= 0.3 is 0 Å². The fourth-order valence-corrected chi connectivity index (χ4v) is 3.18. The molecule has 1 aromatic carbocycles. The van der Waals surface area contributed by atoms with E-state index >= 15 is 0 Å². The summed E-state index contributed by atoms with van der Waals surface area (Å²) in [5.41, 5.74) is 1.12. The van der Waals surface area contributed by atoms with Crippen molar-refractivity contribution >= 4 is 23.4 Å². The number of carbonyl (C=O) groups excluding carboxylic acids is 1. The van der Waals surface area contributed by atoms with Crippen LogP contribution >= 0.6 is 0 Å². The molecule has 29 heavy (non-hydrogen) atoms. The van der Waals surface area contributed by atoms with Crippen molar-refractivity contribution < 1.29 is 4.79 Å². The van der Waals surface area contributed by atoms with Gasteiger partial charge in [0, 0.05) is 38.6 Å². The van der Waals surface area contributed by atoms with Gasteiger partial charge in [-0.2, -0.15) is 5.26 Å². The van der Waals surface area contributed by atoms with Gasteiger partial charge in [-0.05, 0) is 30.3 Å². The van der Waals surface area contributed by atoms with Gasteiger partial charge in [0.15, 0.2) is 0 Å². The van der Waals surface area contributed by atoms with Crippen molar-refractivity contribution in [2.45, 2.75) is 0 Å². The van der Waals surface area contributed by atoms with Crippen molar-refractivity contribution in [3.63, 3.8) is 0 Å². The largest absolute Gasteiger partial charge is 0.353 e. The summed E-state index contributed by atoms with van der Waals surface area (Å²) in [5, 5.41) is 11.9. The lowest BCUT2D eigenvalue weighted by atomic mass is 10.2. The number of nitrogens with one attached hydrogen (secondary N) is 1. The smallest absolute Gasteiger partial charge is 0.274 e. The van der Waals surface area contributed by atoms with Gasteiger partial charge in [0.1, 0.15) is 17.6 Å². The number of piperazine rings is 1. The predicted octanol–water partition coefficient (Wildman–Crippen LogP) is 2.32. The van der Waals surface area contributed by atoms with Gasteiger partial charge < -0.3 is 15.1 Å². The molecular formula is C21H19N7O. The Balaban J connectivity index is 1.44. The molecule has 1 saturated heterocycles. The highest BCUT2D eigenvalue weighted by Crippen LogP contribution is 2.17. The minimum Gasteiger partial charge on any atom is -0.353 e. The normalized spacial score (nSPS) is 13.6. The SMILES string of the molecule is N#Cc1ccccc1NC(=O)c1ccnc(N2CCN(c3ccccn3)CC2)n1. The van der Waals surface area contributed by atoms with E-state index < -0.39 is 0 Å². The summed E-state index contributed by atoms with van der Waals surface area (Å²) in [6, 6.07) is 16.4. The molecule has 1 amide bonds. The molecule has 0 atom stereocenters. The maximum absolute atomic E-state index is 12.6. The second-order valence-corrected chi connectivity index (χ2v) is 6.52. The summed E-state index contributed by atoms with van der Waals surface area (Å²) in [7, 11) is 0. The molecule has 0 saturated carbocycles. The topological polar surface area (TPSA) is 98.0 Å². The summed E-state index contributed by atoms with van der Waals surface area (Å²) >= 11 is 0. The lowest BCUT2D eigenvalue weighted by Gasteiger charge is -2.35. The quantitative estimate of drug-likeness (QED) is 0.736. The molecule has 1 fully saturated rings. The second kappa shape index (κ2) is 8.35. The van der Waals surface area contributed by atoms with E-state index in [4.69, 9.17) is 0 Å². The molecule has 8 heteroatoms. The van der Waals surface area contributed by atoms with Crippen LogP contribution in [0.3, 0.4) is 0 Å². The minimum atomic E-state index is -0.372. The number of hydrogen-bond donors (Lipinski definition) is 1. The standard InChI is InChI=1S/C21H19N7O/c22-15-16-5-1-2-6-17(16)25-20(29)18-8-10-24-21(26-18)28-13-11-27(12-14-28)19-7-3-4-9-23-19/h1-10H,11-14H2,(H,25,29). The average Bonchev–Trinajstić information content (AvgIpc) is 2.80. The molecule has 4 rings (SSSR count). The van der Waals surface area contributed by atoms with Gasteiger partial charge in [0.05, 0.1) is 11.3 Å². The zero-order valence-electron chi connectivity index (χ0n) is 15.7. The fraction of sp³-hybridized carbons (Fsp3) is 0.190. The first kappa shape index (κ1) is 18.4. The highest BCUT2D eigenvalue weighted by atomic mass is 16.1. The number of rotatable bonds is 4.